The maximum Gasteiger partial charge on any atom is 0.407 e. The van der Waals surface area contributed by atoms with Gasteiger partial charge in [0, 0.05) is 13.0 Å². The summed E-state index contributed by atoms with van der Waals surface area (Å²) in [6, 6.07) is 7.22. The molecular weight excluding hydrogens is 419 g/mol. The van der Waals surface area contributed by atoms with Crippen molar-refractivity contribution < 1.29 is 28.5 Å². The van der Waals surface area contributed by atoms with Gasteiger partial charge >= 0.3 is 6.09 Å². The van der Waals surface area contributed by atoms with E-state index in [4.69, 9.17) is 9.47 Å². The smallest absolute Gasteiger partial charge is 0.407 e. The minimum absolute atomic E-state index is 0.0874. The Labute approximate surface area is 186 Å². The van der Waals surface area contributed by atoms with Crippen molar-refractivity contribution in [1.82, 2.24) is 15.3 Å². The molecule has 1 aromatic carbocycles. The molecule has 0 radical (unpaired) electrons. The van der Waals surface area contributed by atoms with Crippen molar-refractivity contribution in [3.05, 3.63) is 42.0 Å². The van der Waals surface area contributed by atoms with E-state index in [0.29, 0.717) is 25.3 Å². The molecule has 0 spiro atoms. The van der Waals surface area contributed by atoms with Crippen LogP contribution in [0.15, 0.2) is 30.6 Å². The van der Waals surface area contributed by atoms with E-state index in [1.54, 1.807) is 18.7 Å². The number of carbonyl (C=O) groups is 1. The Morgan fingerprint density at radius 1 is 1.34 bits per heavy atom. The first-order chi connectivity index (χ1) is 15.2. The molecule has 2 atom stereocenters. The number of rotatable bonds is 8. The van der Waals surface area contributed by atoms with Crippen molar-refractivity contribution in [3.8, 4) is 11.6 Å². The maximum atomic E-state index is 14.8. The minimum Gasteiger partial charge on any atom is -0.489 e. The number of anilines is 1. The van der Waals surface area contributed by atoms with Crippen molar-refractivity contribution >= 4 is 11.9 Å². The van der Waals surface area contributed by atoms with Crippen molar-refractivity contribution in [2.45, 2.75) is 44.9 Å². The molecule has 174 valence electrons. The molecule has 1 aromatic heterocycles. The molecule has 2 aromatic rings. The molecule has 0 bridgehead atoms. The third-order valence-electron chi connectivity index (χ3n) is 4.95. The number of hydrogen-bond acceptors (Lipinski definition) is 8. The number of halogens is 1. The predicted octanol–water partition coefficient (Wildman–Crippen LogP) is 2.84. The number of ether oxygens (including phenoxy) is 3. The van der Waals surface area contributed by atoms with Gasteiger partial charge in [0.1, 0.15) is 24.8 Å². The number of aliphatic hydroxyl groups is 1. The largest absolute Gasteiger partial charge is 0.489 e. The topological polar surface area (TPSA) is 106 Å². The molecule has 9 nitrogen and oxygen atoms in total. The van der Waals surface area contributed by atoms with E-state index in [1.165, 1.54) is 13.4 Å². The van der Waals surface area contributed by atoms with Crippen LogP contribution in [0.25, 0.3) is 0 Å². The van der Waals surface area contributed by atoms with Gasteiger partial charge in [-0.05, 0) is 38.5 Å². The average molecular weight is 448 g/mol. The molecule has 1 aliphatic rings. The number of benzene rings is 1. The molecular formula is C22H29FN4O5. The van der Waals surface area contributed by atoms with Crippen LogP contribution in [0.1, 0.15) is 38.8 Å². The molecule has 1 fully saturated rings. The number of hydrogen-bond donors (Lipinski definition) is 2. The van der Waals surface area contributed by atoms with Gasteiger partial charge in [-0.15, -0.1) is 0 Å². The Morgan fingerprint density at radius 3 is 2.72 bits per heavy atom. The van der Waals surface area contributed by atoms with Crippen molar-refractivity contribution in [2.75, 3.05) is 31.7 Å². The number of nitrogens with zero attached hydrogens (tertiary/aromatic N) is 3. The lowest BCUT2D eigenvalue weighted by molar-refractivity contribution is 0.0253. The third-order valence-corrected chi connectivity index (χ3v) is 4.95. The van der Waals surface area contributed by atoms with E-state index in [0.717, 1.165) is 5.56 Å². The summed E-state index contributed by atoms with van der Waals surface area (Å²) in [6.07, 6.45) is 1.32. The molecule has 3 rings (SSSR count). The van der Waals surface area contributed by atoms with Gasteiger partial charge in [-0.3, -0.25) is 0 Å². The highest BCUT2D eigenvalue weighted by Crippen LogP contribution is 2.28. The number of alkyl carbamates (subject to hydrolysis) is 1. The Balaban J connectivity index is 1.59. The highest BCUT2D eigenvalue weighted by Gasteiger charge is 2.29. The molecule has 2 N–H and O–H groups in total. The fraction of sp³-hybridized carbons (Fsp3) is 0.500. The fourth-order valence-electron chi connectivity index (χ4n) is 3.27. The second-order valence-corrected chi connectivity index (χ2v) is 8.32. The van der Waals surface area contributed by atoms with Gasteiger partial charge in [-0.1, -0.05) is 12.1 Å². The standard InChI is InChI=1S/C22H29FN4O5/c1-14(26-21(28)30-4)15-5-7-16(8-6-15)32-17-9-10-27(11-17)19-18(23)20(25-13-24-19)31-12-22(2,3)29/h5-8,13-14,17,29H,9-12H2,1-4H3,(H,26,28)/t14-,17?/m0/s1. The summed E-state index contributed by atoms with van der Waals surface area (Å²) < 4.78 is 30.8. The van der Waals surface area contributed by atoms with Crippen LogP contribution in [0.5, 0.6) is 11.6 Å². The van der Waals surface area contributed by atoms with Crippen molar-refractivity contribution in [3.63, 3.8) is 0 Å². The maximum absolute atomic E-state index is 14.8. The Kier molecular flexibility index (Phi) is 7.34. The fourth-order valence-corrected chi connectivity index (χ4v) is 3.27. The second kappa shape index (κ2) is 9.99. The molecule has 1 unspecified atom stereocenters. The summed E-state index contributed by atoms with van der Waals surface area (Å²) in [4.78, 5) is 21.0. The molecule has 0 aliphatic carbocycles. The lowest BCUT2D eigenvalue weighted by Gasteiger charge is -2.21. The van der Waals surface area contributed by atoms with Crippen LogP contribution in [0.4, 0.5) is 15.0 Å². The van der Waals surface area contributed by atoms with Gasteiger partial charge in [0.15, 0.2) is 5.82 Å². The summed E-state index contributed by atoms with van der Waals surface area (Å²) >= 11 is 0. The predicted molar refractivity (Wildman–Crippen MR) is 115 cm³/mol. The van der Waals surface area contributed by atoms with E-state index in [-0.39, 0.29) is 30.5 Å². The van der Waals surface area contributed by atoms with Gasteiger partial charge in [-0.25, -0.2) is 9.78 Å². The van der Waals surface area contributed by atoms with E-state index < -0.39 is 17.5 Å². The first-order valence-electron chi connectivity index (χ1n) is 10.4. The lowest BCUT2D eigenvalue weighted by Crippen LogP contribution is -2.29. The monoisotopic (exact) mass is 448 g/mol. The van der Waals surface area contributed by atoms with E-state index in [9.17, 15) is 14.3 Å². The van der Waals surface area contributed by atoms with E-state index in [1.807, 2.05) is 31.2 Å². The van der Waals surface area contributed by atoms with Crippen LogP contribution < -0.4 is 19.7 Å². The highest BCUT2D eigenvalue weighted by atomic mass is 19.1. The van der Waals surface area contributed by atoms with E-state index >= 15 is 0 Å². The number of carbonyl (C=O) groups excluding carboxylic acids is 1. The zero-order valence-corrected chi connectivity index (χ0v) is 18.7. The zero-order valence-electron chi connectivity index (χ0n) is 18.7. The van der Waals surface area contributed by atoms with Crippen LogP contribution in [0.3, 0.4) is 0 Å². The van der Waals surface area contributed by atoms with Gasteiger partial charge in [0.2, 0.25) is 5.82 Å². The lowest BCUT2D eigenvalue weighted by atomic mass is 10.1. The molecule has 32 heavy (non-hydrogen) atoms. The Bertz CT molecular complexity index is 920. The molecule has 1 amide bonds. The summed E-state index contributed by atoms with van der Waals surface area (Å²) in [5.74, 6) is -0.0151. The summed E-state index contributed by atoms with van der Waals surface area (Å²) in [5, 5.41) is 12.5. The van der Waals surface area contributed by atoms with Crippen molar-refractivity contribution in [1.29, 1.82) is 0 Å². The van der Waals surface area contributed by atoms with Gasteiger partial charge in [0.25, 0.3) is 5.88 Å². The molecule has 2 heterocycles. The number of nitrogens with one attached hydrogen (secondary N) is 1. The zero-order chi connectivity index (χ0) is 23.3. The van der Waals surface area contributed by atoms with Crippen LogP contribution in [0.2, 0.25) is 0 Å². The second-order valence-electron chi connectivity index (χ2n) is 8.32. The minimum atomic E-state index is -1.10. The molecule has 0 saturated carbocycles. The van der Waals surface area contributed by atoms with Gasteiger partial charge < -0.3 is 29.5 Å². The van der Waals surface area contributed by atoms with Gasteiger partial charge in [0.05, 0.1) is 25.3 Å². The van der Waals surface area contributed by atoms with Crippen molar-refractivity contribution in [2.24, 2.45) is 0 Å². The SMILES string of the molecule is COC(=O)N[C@@H](C)c1ccc(OC2CCN(c3ncnc(OCC(C)(C)O)c3F)C2)cc1. The Morgan fingerprint density at radius 2 is 2.06 bits per heavy atom. The normalized spacial score (nSPS) is 17.1. The molecule has 1 aliphatic heterocycles. The highest BCUT2D eigenvalue weighted by molar-refractivity contribution is 5.67. The number of methoxy groups -OCH3 is 1. The summed E-state index contributed by atoms with van der Waals surface area (Å²) in [6.45, 7) is 5.94. The number of amides is 1. The first-order valence-corrected chi connectivity index (χ1v) is 10.4. The molecule has 10 heteroatoms. The summed E-state index contributed by atoms with van der Waals surface area (Å²) in [7, 11) is 1.32. The van der Waals surface area contributed by atoms with Crippen LogP contribution in [0, 0.1) is 5.82 Å². The first kappa shape index (κ1) is 23.5. The van der Waals surface area contributed by atoms with Crippen LogP contribution in [-0.2, 0) is 4.74 Å². The average Bonchev–Trinajstić information content (AvgIpc) is 3.21. The summed E-state index contributed by atoms with van der Waals surface area (Å²) in [5.41, 5.74) is -0.190. The quantitative estimate of drug-likeness (QED) is 0.635. The van der Waals surface area contributed by atoms with Crippen LogP contribution in [-0.4, -0.2) is 59.7 Å². The number of aromatic nitrogens is 2. The van der Waals surface area contributed by atoms with Crippen LogP contribution >= 0.6 is 0 Å². The van der Waals surface area contributed by atoms with E-state index in [2.05, 4.69) is 20.0 Å². The van der Waals surface area contributed by atoms with Gasteiger partial charge in [-0.2, -0.15) is 9.37 Å². The molecule has 1 saturated heterocycles. The Hall–Kier alpha value is -3.14. The third kappa shape index (κ3) is 6.19.